The van der Waals surface area contributed by atoms with E-state index in [2.05, 4.69) is 9.97 Å². The molecule has 2 heterocycles. The van der Waals surface area contributed by atoms with Gasteiger partial charge in [0.1, 0.15) is 18.3 Å². The molecule has 3 rings (SSSR count). The minimum Gasteiger partial charge on any atom is -0.394 e. The highest BCUT2D eigenvalue weighted by molar-refractivity contribution is 6.32. The van der Waals surface area contributed by atoms with Crippen molar-refractivity contribution >= 4 is 22.6 Å². The first-order chi connectivity index (χ1) is 12.7. The predicted molar refractivity (Wildman–Crippen MR) is 95.9 cm³/mol. The number of aryl methyl sites for hydroxylation is 1. The van der Waals surface area contributed by atoms with Crippen LogP contribution in [-0.2, 0) is 6.54 Å². The second-order valence-corrected chi connectivity index (χ2v) is 6.57. The number of hydrogen-bond donors (Lipinski definition) is 5. The Kier molecular flexibility index (Phi) is 5.27. The zero-order valence-corrected chi connectivity index (χ0v) is 14.9. The highest BCUT2D eigenvalue weighted by Gasteiger charge is 2.27. The van der Waals surface area contributed by atoms with E-state index in [0.29, 0.717) is 21.6 Å². The number of aromatic nitrogens is 4. The van der Waals surface area contributed by atoms with Gasteiger partial charge < -0.3 is 25.0 Å². The summed E-state index contributed by atoms with van der Waals surface area (Å²) in [5, 5.41) is 39.1. The van der Waals surface area contributed by atoms with Gasteiger partial charge in [0.25, 0.3) is 5.56 Å². The third kappa shape index (κ3) is 3.57. The zero-order valence-electron chi connectivity index (χ0n) is 14.1. The Morgan fingerprint density at radius 3 is 2.56 bits per heavy atom. The Hall–Kier alpha value is -2.37. The van der Waals surface area contributed by atoms with Crippen molar-refractivity contribution in [1.82, 2.24) is 19.5 Å². The smallest absolute Gasteiger partial charge is 0.349 e. The van der Waals surface area contributed by atoms with Gasteiger partial charge in [-0.3, -0.25) is 9.78 Å². The number of rotatable bonds is 5. The van der Waals surface area contributed by atoms with E-state index in [4.69, 9.17) is 16.7 Å². The molecule has 0 unspecified atom stereocenters. The predicted octanol–water partition coefficient (Wildman–Crippen LogP) is -1.38. The number of halogens is 1. The molecule has 0 amide bonds. The fourth-order valence-electron chi connectivity index (χ4n) is 2.76. The van der Waals surface area contributed by atoms with Crippen LogP contribution in [-0.4, -0.2) is 64.9 Å². The molecule has 0 bridgehead atoms. The molecule has 0 radical (unpaired) electrons. The Morgan fingerprint density at radius 2 is 1.89 bits per heavy atom. The number of nitrogens with zero attached hydrogens (tertiary/aromatic N) is 3. The molecule has 11 heteroatoms. The van der Waals surface area contributed by atoms with Gasteiger partial charge in [-0.25, -0.2) is 9.78 Å². The summed E-state index contributed by atoms with van der Waals surface area (Å²) in [4.78, 5) is 33.8. The van der Waals surface area contributed by atoms with Crippen LogP contribution in [0.3, 0.4) is 0 Å². The summed E-state index contributed by atoms with van der Waals surface area (Å²) >= 11 is 6.17. The maximum absolute atomic E-state index is 12.1. The SMILES string of the molecule is Cc1cc2nc3c(=O)[nH]c(=O)nc-3n(C[C@H](O)[C@H](O)[C@H](O)CO)c2cc1Cl. The molecular formula is C16H17ClN4O6. The largest absolute Gasteiger partial charge is 0.394 e. The molecule has 2 aliphatic heterocycles. The molecule has 27 heavy (non-hydrogen) atoms. The van der Waals surface area contributed by atoms with Crippen molar-refractivity contribution in [1.29, 1.82) is 0 Å². The third-order valence-electron chi connectivity index (χ3n) is 4.23. The molecule has 2 aliphatic rings. The summed E-state index contributed by atoms with van der Waals surface area (Å²) < 4.78 is 1.32. The quantitative estimate of drug-likeness (QED) is 0.330. The zero-order chi connectivity index (χ0) is 19.9. The molecule has 0 fully saturated rings. The van der Waals surface area contributed by atoms with Crippen molar-refractivity contribution in [2.24, 2.45) is 0 Å². The Balaban J connectivity index is 2.28. The van der Waals surface area contributed by atoms with Gasteiger partial charge in [-0.15, -0.1) is 0 Å². The summed E-state index contributed by atoms with van der Waals surface area (Å²) in [7, 11) is 0. The topological polar surface area (TPSA) is 162 Å². The van der Waals surface area contributed by atoms with Crippen LogP contribution in [0, 0.1) is 6.92 Å². The lowest BCUT2D eigenvalue weighted by atomic mass is 10.1. The monoisotopic (exact) mass is 396 g/mol. The molecule has 3 atom stereocenters. The van der Waals surface area contributed by atoms with Crippen LogP contribution in [0.4, 0.5) is 0 Å². The van der Waals surface area contributed by atoms with E-state index in [0.717, 1.165) is 0 Å². The lowest BCUT2D eigenvalue weighted by Gasteiger charge is -2.25. The molecule has 0 aromatic heterocycles. The van der Waals surface area contributed by atoms with Crippen LogP contribution >= 0.6 is 11.6 Å². The number of aliphatic hydroxyl groups excluding tert-OH is 4. The van der Waals surface area contributed by atoms with Crippen LogP contribution in [0.15, 0.2) is 21.7 Å². The first kappa shape index (κ1) is 19.4. The van der Waals surface area contributed by atoms with Gasteiger partial charge in [-0.1, -0.05) is 11.6 Å². The summed E-state index contributed by atoms with van der Waals surface area (Å²) in [6.45, 7) is 0.648. The maximum Gasteiger partial charge on any atom is 0.349 e. The maximum atomic E-state index is 12.1. The normalized spacial score (nSPS) is 15.2. The highest BCUT2D eigenvalue weighted by Crippen LogP contribution is 2.26. The molecule has 0 spiro atoms. The lowest BCUT2D eigenvalue weighted by Crippen LogP contribution is -2.42. The molecule has 144 valence electrons. The molecule has 1 aromatic carbocycles. The first-order valence-electron chi connectivity index (χ1n) is 7.98. The van der Waals surface area contributed by atoms with E-state index in [1.165, 1.54) is 10.6 Å². The second kappa shape index (κ2) is 7.33. The van der Waals surface area contributed by atoms with E-state index in [9.17, 15) is 24.9 Å². The molecule has 0 saturated carbocycles. The van der Waals surface area contributed by atoms with E-state index in [-0.39, 0.29) is 18.1 Å². The van der Waals surface area contributed by atoms with Crippen LogP contribution in [0.25, 0.3) is 22.6 Å². The average Bonchev–Trinajstić information content (AvgIpc) is 2.62. The summed E-state index contributed by atoms with van der Waals surface area (Å²) in [6, 6.07) is 3.16. The fraction of sp³-hybridized carbons (Fsp3) is 0.375. The van der Waals surface area contributed by atoms with Gasteiger partial charge in [0.05, 0.1) is 24.2 Å². The van der Waals surface area contributed by atoms with Crippen LogP contribution in [0.2, 0.25) is 5.02 Å². The molecule has 1 aromatic rings. The number of aromatic amines is 1. The highest BCUT2D eigenvalue weighted by atomic mass is 35.5. The summed E-state index contributed by atoms with van der Waals surface area (Å²) in [6.07, 6.45) is -4.78. The van der Waals surface area contributed by atoms with Crippen molar-refractivity contribution in [2.75, 3.05) is 6.61 Å². The fourth-order valence-corrected chi connectivity index (χ4v) is 2.92. The molecular weight excluding hydrogens is 380 g/mol. The van der Waals surface area contributed by atoms with Gasteiger partial charge in [-0.2, -0.15) is 4.98 Å². The van der Waals surface area contributed by atoms with Crippen molar-refractivity contribution in [3.8, 4) is 11.5 Å². The average molecular weight is 397 g/mol. The molecule has 0 saturated heterocycles. The van der Waals surface area contributed by atoms with Crippen molar-refractivity contribution in [3.05, 3.63) is 43.6 Å². The molecule has 5 N–H and O–H groups in total. The molecule has 10 nitrogen and oxygen atoms in total. The van der Waals surface area contributed by atoms with Crippen molar-refractivity contribution < 1.29 is 20.4 Å². The van der Waals surface area contributed by atoms with Gasteiger partial charge in [0.15, 0.2) is 11.5 Å². The van der Waals surface area contributed by atoms with Crippen molar-refractivity contribution in [2.45, 2.75) is 31.8 Å². The number of H-pyrrole nitrogens is 1. The van der Waals surface area contributed by atoms with Crippen LogP contribution < -0.4 is 11.2 Å². The van der Waals surface area contributed by atoms with Crippen LogP contribution in [0.1, 0.15) is 5.56 Å². The minimum atomic E-state index is -1.67. The van der Waals surface area contributed by atoms with E-state index in [1.807, 2.05) is 4.98 Å². The Labute approximate surface area is 156 Å². The third-order valence-corrected chi connectivity index (χ3v) is 4.64. The van der Waals surface area contributed by atoms with E-state index >= 15 is 0 Å². The number of benzene rings is 1. The minimum absolute atomic E-state index is 0.110. The van der Waals surface area contributed by atoms with Crippen molar-refractivity contribution in [3.63, 3.8) is 0 Å². The summed E-state index contributed by atoms with van der Waals surface area (Å²) in [5.41, 5.74) is -0.360. The summed E-state index contributed by atoms with van der Waals surface area (Å²) in [5.74, 6) is -0.110. The van der Waals surface area contributed by atoms with Crippen LogP contribution in [0.5, 0.6) is 0 Å². The van der Waals surface area contributed by atoms with Gasteiger partial charge in [0.2, 0.25) is 0 Å². The number of hydrogen-bond acceptors (Lipinski definition) is 8. The lowest BCUT2D eigenvalue weighted by molar-refractivity contribution is -0.0802. The van der Waals surface area contributed by atoms with E-state index in [1.54, 1.807) is 13.0 Å². The molecule has 0 aliphatic carbocycles. The van der Waals surface area contributed by atoms with Gasteiger partial charge in [0, 0.05) is 5.02 Å². The Morgan fingerprint density at radius 1 is 1.19 bits per heavy atom. The first-order valence-corrected chi connectivity index (χ1v) is 8.36. The van der Waals surface area contributed by atoms with Gasteiger partial charge in [-0.05, 0) is 24.6 Å². The number of fused-ring (bicyclic) bond motifs is 2. The second-order valence-electron chi connectivity index (χ2n) is 6.16. The Bertz CT molecular complexity index is 1080. The standard InChI is InChI=1S/C16H17ClN4O6/c1-6-2-8-9(3-7(6)17)21(4-10(23)13(25)11(24)5-22)14-12(18-8)15(26)20-16(27)19-14/h2-3,10-11,13,22-25H,4-5H2,1H3,(H,20,26,27)/t10-,11+,13-/m0/s1. The number of nitrogens with one attached hydrogen (secondary N) is 1. The van der Waals surface area contributed by atoms with E-state index < -0.39 is 36.2 Å². The van der Waals surface area contributed by atoms with Gasteiger partial charge >= 0.3 is 5.69 Å². The number of aliphatic hydroxyl groups is 4.